The van der Waals surface area contributed by atoms with E-state index >= 15 is 0 Å². The zero-order valence-corrected chi connectivity index (χ0v) is 14.0. The smallest absolute Gasteiger partial charge is 0.335 e. The summed E-state index contributed by atoms with van der Waals surface area (Å²) in [6, 6.07) is 9.51. The van der Waals surface area contributed by atoms with E-state index in [4.69, 9.17) is 23.2 Å². The second-order valence-electron chi connectivity index (χ2n) is 5.11. The number of aromatic hydroxyl groups is 1. The van der Waals surface area contributed by atoms with Crippen LogP contribution < -0.4 is 10.2 Å². The van der Waals surface area contributed by atoms with Crippen molar-refractivity contribution in [3.63, 3.8) is 0 Å². The first-order valence-corrected chi connectivity index (χ1v) is 7.78. The van der Waals surface area contributed by atoms with Gasteiger partial charge in [0, 0.05) is 10.6 Å². The maximum Gasteiger partial charge on any atom is 0.335 e. The number of imide groups is 2. The van der Waals surface area contributed by atoms with E-state index in [1.165, 1.54) is 30.3 Å². The Morgan fingerprint density at radius 2 is 1.76 bits per heavy atom. The molecule has 2 N–H and O–H groups in total. The molecule has 1 aliphatic rings. The predicted molar refractivity (Wildman–Crippen MR) is 93.6 cm³/mol. The summed E-state index contributed by atoms with van der Waals surface area (Å²) >= 11 is 11.9. The quantitative estimate of drug-likeness (QED) is 0.621. The largest absolute Gasteiger partial charge is 0.507 e. The number of hydrogen-bond donors (Lipinski definition) is 2. The van der Waals surface area contributed by atoms with Crippen molar-refractivity contribution >= 4 is 52.8 Å². The fraction of sp³-hybridized carbons (Fsp3) is 0. The van der Waals surface area contributed by atoms with Crippen molar-refractivity contribution in [3.05, 3.63) is 63.6 Å². The van der Waals surface area contributed by atoms with Gasteiger partial charge in [-0.1, -0.05) is 35.3 Å². The molecule has 1 heterocycles. The summed E-state index contributed by atoms with van der Waals surface area (Å²) in [5, 5.41) is 12.4. The van der Waals surface area contributed by atoms with E-state index in [0.29, 0.717) is 5.02 Å². The van der Waals surface area contributed by atoms with Gasteiger partial charge in [-0.25, -0.2) is 9.69 Å². The third kappa shape index (κ3) is 3.22. The summed E-state index contributed by atoms with van der Waals surface area (Å²) < 4.78 is 0. The number of benzene rings is 2. The summed E-state index contributed by atoms with van der Waals surface area (Å²) in [5.41, 5.74) is -0.0306. The molecule has 25 heavy (non-hydrogen) atoms. The number of anilines is 1. The van der Waals surface area contributed by atoms with Crippen molar-refractivity contribution in [1.29, 1.82) is 0 Å². The van der Waals surface area contributed by atoms with Gasteiger partial charge in [-0.3, -0.25) is 14.9 Å². The first kappa shape index (κ1) is 17.0. The van der Waals surface area contributed by atoms with E-state index in [1.54, 1.807) is 12.1 Å². The van der Waals surface area contributed by atoms with Crippen LogP contribution in [0.4, 0.5) is 10.5 Å². The molecule has 126 valence electrons. The highest BCUT2D eigenvalue weighted by atomic mass is 35.5. The van der Waals surface area contributed by atoms with Crippen LogP contribution in [-0.4, -0.2) is 23.0 Å². The fourth-order valence-corrected chi connectivity index (χ4v) is 2.71. The number of urea groups is 1. The molecule has 1 saturated heterocycles. The van der Waals surface area contributed by atoms with Gasteiger partial charge in [0.2, 0.25) is 0 Å². The van der Waals surface area contributed by atoms with E-state index in [9.17, 15) is 19.5 Å². The van der Waals surface area contributed by atoms with Crippen LogP contribution in [0.5, 0.6) is 5.75 Å². The number of phenols is 1. The zero-order valence-electron chi connectivity index (χ0n) is 12.5. The third-order valence-electron chi connectivity index (χ3n) is 3.48. The number of phenolic OH excluding ortho intramolecular Hbond substituents is 1. The van der Waals surface area contributed by atoms with Crippen LogP contribution in [0, 0.1) is 0 Å². The van der Waals surface area contributed by atoms with Crippen molar-refractivity contribution in [1.82, 2.24) is 5.32 Å². The van der Waals surface area contributed by atoms with E-state index in [1.807, 2.05) is 0 Å². The zero-order chi connectivity index (χ0) is 18.1. The number of para-hydroxylation sites is 1. The summed E-state index contributed by atoms with van der Waals surface area (Å²) in [7, 11) is 0. The highest BCUT2D eigenvalue weighted by molar-refractivity contribution is 6.42. The number of rotatable bonds is 2. The molecular formula is C17H10Cl2N2O4. The average Bonchev–Trinajstić information content (AvgIpc) is 2.56. The lowest BCUT2D eigenvalue weighted by atomic mass is 10.1. The van der Waals surface area contributed by atoms with Gasteiger partial charge in [-0.2, -0.15) is 0 Å². The van der Waals surface area contributed by atoms with Gasteiger partial charge in [-0.15, -0.1) is 0 Å². The minimum absolute atomic E-state index is 0.139. The van der Waals surface area contributed by atoms with Crippen LogP contribution in [0.15, 0.2) is 48.0 Å². The van der Waals surface area contributed by atoms with Crippen LogP contribution in [0.25, 0.3) is 6.08 Å². The number of hydrogen-bond acceptors (Lipinski definition) is 4. The van der Waals surface area contributed by atoms with Crippen molar-refractivity contribution in [2.24, 2.45) is 0 Å². The number of barbiturate groups is 1. The molecule has 2 aromatic carbocycles. The van der Waals surface area contributed by atoms with Crippen LogP contribution in [0.1, 0.15) is 5.56 Å². The average molecular weight is 377 g/mol. The van der Waals surface area contributed by atoms with Gasteiger partial charge in [0.25, 0.3) is 11.8 Å². The molecule has 1 aliphatic heterocycles. The van der Waals surface area contributed by atoms with E-state index in [0.717, 1.165) is 11.0 Å². The first-order valence-electron chi connectivity index (χ1n) is 7.03. The maximum absolute atomic E-state index is 12.7. The number of amides is 4. The molecule has 0 aromatic heterocycles. The summed E-state index contributed by atoms with van der Waals surface area (Å²) in [5.74, 6) is -1.91. The molecule has 6 nitrogen and oxygen atoms in total. The van der Waals surface area contributed by atoms with Crippen LogP contribution in [0.2, 0.25) is 10.0 Å². The Kier molecular flexibility index (Phi) is 4.48. The lowest BCUT2D eigenvalue weighted by molar-refractivity contribution is -0.122. The van der Waals surface area contributed by atoms with Crippen LogP contribution in [-0.2, 0) is 9.59 Å². The highest BCUT2D eigenvalue weighted by Crippen LogP contribution is 2.30. The van der Waals surface area contributed by atoms with Crippen molar-refractivity contribution < 1.29 is 19.5 Å². The molecule has 0 radical (unpaired) electrons. The highest BCUT2D eigenvalue weighted by Gasteiger charge is 2.37. The SMILES string of the molecule is O=C1NC(=O)N(c2ccccc2Cl)C(=O)/C1=C/c1cc(Cl)ccc1O. The molecule has 3 rings (SSSR count). The Hall–Kier alpha value is -2.83. The van der Waals surface area contributed by atoms with Gasteiger partial charge in [0.1, 0.15) is 11.3 Å². The third-order valence-corrected chi connectivity index (χ3v) is 4.04. The fourth-order valence-electron chi connectivity index (χ4n) is 2.31. The summed E-state index contributed by atoms with van der Waals surface area (Å²) in [4.78, 5) is 37.6. The van der Waals surface area contributed by atoms with Crippen LogP contribution in [0.3, 0.4) is 0 Å². The van der Waals surface area contributed by atoms with Gasteiger partial charge < -0.3 is 5.11 Å². The number of nitrogens with zero attached hydrogens (tertiary/aromatic N) is 1. The molecule has 0 spiro atoms. The van der Waals surface area contributed by atoms with Gasteiger partial charge in [-0.05, 0) is 36.4 Å². The van der Waals surface area contributed by atoms with Crippen molar-refractivity contribution in [2.75, 3.05) is 4.90 Å². The van der Waals surface area contributed by atoms with E-state index in [-0.39, 0.29) is 27.6 Å². The molecule has 0 aliphatic carbocycles. The Bertz CT molecular complexity index is 940. The second-order valence-corrected chi connectivity index (χ2v) is 5.96. The summed E-state index contributed by atoms with van der Waals surface area (Å²) in [6.07, 6.45) is 1.16. The predicted octanol–water partition coefficient (Wildman–Crippen LogP) is 3.37. The molecule has 0 atom stereocenters. The number of halogens is 2. The van der Waals surface area contributed by atoms with Crippen molar-refractivity contribution in [3.8, 4) is 5.75 Å². The number of carbonyl (C=O) groups is 3. The monoisotopic (exact) mass is 376 g/mol. The minimum atomic E-state index is -0.907. The number of nitrogens with one attached hydrogen (secondary N) is 1. The standard InChI is InChI=1S/C17H10Cl2N2O4/c18-10-5-6-14(22)9(7-10)8-11-15(23)20-17(25)21(16(11)24)13-4-2-1-3-12(13)19/h1-8,22H,(H,20,23,25)/b11-8+. The normalized spacial score (nSPS) is 16.3. The Morgan fingerprint density at radius 1 is 1.04 bits per heavy atom. The Labute approximate surface area is 152 Å². The molecule has 0 bridgehead atoms. The Morgan fingerprint density at radius 3 is 2.48 bits per heavy atom. The molecule has 0 saturated carbocycles. The molecule has 0 unspecified atom stereocenters. The van der Waals surface area contributed by atoms with Gasteiger partial charge in [0.15, 0.2) is 0 Å². The molecular weight excluding hydrogens is 367 g/mol. The van der Waals surface area contributed by atoms with E-state index in [2.05, 4.69) is 5.32 Å². The molecule has 4 amide bonds. The lowest BCUT2D eigenvalue weighted by Gasteiger charge is -2.27. The molecule has 1 fully saturated rings. The van der Waals surface area contributed by atoms with Gasteiger partial charge >= 0.3 is 6.03 Å². The lowest BCUT2D eigenvalue weighted by Crippen LogP contribution is -2.54. The Balaban J connectivity index is 2.09. The summed E-state index contributed by atoms with van der Waals surface area (Å²) in [6.45, 7) is 0. The topological polar surface area (TPSA) is 86.7 Å². The number of carbonyl (C=O) groups excluding carboxylic acids is 3. The van der Waals surface area contributed by atoms with Gasteiger partial charge in [0.05, 0.1) is 10.7 Å². The van der Waals surface area contributed by atoms with Crippen LogP contribution >= 0.6 is 23.2 Å². The van der Waals surface area contributed by atoms with E-state index < -0.39 is 17.8 Å². The molecule has 8 heteroatoms. The first-order chi connectivity index (χ1) is 11.9. The second kappa shape index (κ2) is 6.58. The molecule has 2 aromatic rings. The minimum Gasteiger partial charge on any atom is -0.507 e. The van der Waals surface area contributed by atoms with Crippen molar-refractivity contribution in [2.45, 2.75) is 0 Å². The maximum atomic E-state index is 12.7.